The van der Waals surface area contributed by atoms with Crippen LogP contribution >= 0.6 is 0 Å². The molecule has 0 aliphatic rings. The quantitative estimate of drug-likeness (QED) is 0.843. The normalized spacial score (nSPS) is 10.7. The highest BCUT2D eigenvalue weighted by Crippen LogP contribution is 2.12. The molecule has 0 saturated heterocycles. The molecule has 0 aliphatic carbocycles. The number of carbonyl (C=O) groups is 1. The Morgan fingerprint density at radius 3 is 2.77 bits per heavy atom. The second-order valence-electron chi connectivity index (χ2n) is 5.27. The Balaban J connectivity index is 1.75. The third-order valence-corrected chi connectivity index (χ3v) is 3.76. The minimum absolute atomic E-state index is 0.0305. The smallest absolute Gasteiger partial charge is 0.220 e. The van der Waals surface area contributed by atoms with Crippen LogP contribution < -0.4 is 5.32 Å². The van der Waals surface area contributed by atoms with Gasteiger partial charge in [0.25, 0.3) is 0 Å². The first-order valence-corrected chi connectivity index (χ1v) is 7.66. The molecule has 0 radical (unpaired) electrons. The average Bonchev–Trinajstić information content (AvgIpc) is 2.80. The lowest BCUT2D eigenvalue weighted by Crippen LogP contribution is -2.28. The van der Waals surface area contributed by atoms with Gasteiger partial charge in [-0.25, -0.2) is 0 Å². The van der Waals surface area contributed by atoms with E-state index in [1.807, 2.05) is 11.6 Å². The van der Waals surface area contributed by atoms with Crippen LogP contribution in [-0.4, -0.2) is 32.2 Å². The van der Waals surface area contributed by atoms with Crippen molar-refractivity contribution in [3.8, 4) is 0 Å². The number of carbonyl (C=O) groups excluding carboxylic acids is 1. The van der Waals surface area contributed by atoms with E-state index in [1.165, 1.54) is 11.3 Å². The van der Waals surface area contributed by atoms with E-state index in [0.29, 0.717) is 25.9 Å². The van der Waals surface area contributed by atoms with E-state index >= 15 is 0 Å². The van der Waals surface area contributed by atoms with Gasteiger partial charge >= 0.3 is 0 Å². The molecule has 0 spiro atoms. The Morgan fingerprint density at radius 2 is 2.14 bits per heavy atom. The molecule has 0 aliphatic heterocycles. The van der Waals surface area contributed by atoms with Gasteiger partial charge in [-0.1, -0.05) is 6.92 Å². The minimum Gasteiger partial charge on any atom is -0.354 e. The van der Waals surface area contributed by atoms with Crippen molar-refractivity contribution in [2.75, 3.05) is 6.54 Å². The number of aryl methyl sites for hydroxylation is 2. The predicted octanol–water partition coefficient (Wildman–Crippen LogP) is 1.60. The molecule has 6 nitrogen and oxygen atoms in total. The highest BCUT2D eigenvalue weighted by atomic mass is 16.1. The van der Waals surface area contributed by atoms with Gasteiger partial charge in [0, 0.05) is 37.3 Å². The van der Waals surface area contributed by atoms with Crippen LogP contribution in [0.1, 0.15) is 36.0 Å². The third kappa shape index (κ3) is 4.13. The molecule has 2 rings (SSSR count). The van der Waals surface area contributed by atoms with Crippen LogP contribution in [0.3, 0.4) is 0 Å². The molecule has 118 valence electrons. The van der Waals surface area contributed by atoms with E-state index in [9.17, 15) is 4.79 Å². The summed E-state index contributed by atoms with van der Waals surface area (Å²) in [6.45, 7) is 7.53. The summed E-state index contributed by atoms with van der Waals surface area (Å²) in [7, 11) is 0. The topological polar surface area (TPSA) is 72.7 Å². The Kier molecular flexibility index (Phi) is 5.63. The zero-order valence-electron chi connectivity index (χ0n) is 13.5. The Hall–Kier alpha value is -2.24. The summed E-state index contributed by atoms with van der Waals surface area (Å²) in [5, 5.41) is 7.45. The van der Waals surface area contributed by atoms with Gasteiger partial charge in [-0.05, 0) is 32.3 Å². The van der Waals surface area contributed by atoms with Crippen molar-refractivity contribution >= 4 is 5.91 Å². The minimum atomic E-state index is 0.0305. The lowest BCUT2D eigenvalue weighted by Gasteiger charge is -2.07. The van der Waals surface area contributed by atoms with Crippen LogP contribution in [0.2, 0.25) is 0 Å². The first-order valence-electron chi connectivity index (χ1n) is 7.66. The summed E-state index contributed by atoms with van der Waals surface area (Å²) < 4.78 is 1.97. The first kappa shape index (κ1) is 16.1. The summed E-state index contributed by atoms with van der Waals surface area (Å²) in [4.78, 5) is 20.0. The van der Waals surface area contributed by atoms with E-state index in [1.54, 1.807) is 18.6 Å². The Morgan fingerprint density at radius 1 is 1.32 bits per heavy atom. The molecule has 2 aromatic heterocycles. The summed E-state index contributed by atoms with van der Waals surface area (Å²) >= 11 is 0. The molecule has 0 unspecified atom stereocenters. The monoisotopic (exact) mass is 301 g/mol. The van der Waals surface area contributed by atoms with Crippen LogP contribution in [-0.2, 0) is 24.2 Å². The van der Waals surface area contributed by atoms with Crippen molar-refractivity contribution in [1.82, 2.24) is 25.1 Å². The molecule has 0 bridgehead atoms. The highest BCUT2D eigenvalue weighted by molar-refractivity contribution is 5.76. The number of nitrogens with zero attached hydrogens (tertiary/aromatic N) is 4. The fraction of sp³-hybridized carbons (Fsp3) is 0.500. The molecular weight excluding hydrogens is 278 g/mol. The van der Waals surface area contributed by atoms with Gasteiger partial charge in [-0.2, -0.15) is 5.10 Å². The lowest BCUT2D eigenvalue weighted by molar-refractivity contribution is -0.121. The maximum absolute atomic E-state index is 11.8. The van der Waals surface area contributed by atoms with Crippen LogP contribution in [0.25, 0.3) is 0 Å². The van der Waals surface area contributed by atoms with Crippen molar-refractivity contribution in [2.24, 2.45) is 0 Å². The molecule has 22 heavy (non-hydrogen) atoms. The maximum atomic E-state index is 11.8. The molecule has 0 saturated carbocycles. The molecule has 0 aromatic carbocycles. The number of rotatable bonds is 7. The van der Waals surface area contributed by atoms with E-state index in [0.717, 1.165) is 17.8 Å². The second-order valence-corrected chi connectivity index (χ2v) is 5.27. The van der Waals surface area contributed by atoms with Crippen molar-refractivity contribution in [3.05, 3.63) is 41.2 Å². The van der Waals surface area contributed by atoms with E-state index < -0.39 is 0 Å². The zero-order valence-corrected chi connectivity index (χ0v) is 13.5. The standard InChI is InChI=1S/C16H23N5O/c1-4-15-12(2)20-21(13(15)3)10-9-19-16(22)6-5-14-11-17-7-8-18-14/h7-8,11H,4-6,9-10H2,1-3H3,(H,19,22). The van der Waals surface area contributed by atoms with Gasteiger partial charge in [-0.15, -0.1) is 0 Å². The number of aromatic nitrogens is 4. The van der Waals surface area contributed by atoms with Crippen LogP contribution in [0.15, 0.2) is 18.6 Å². The molecule has 0 atom stereocenters. The molecule has 6 heteroatoms. The van der Waals surface area contributed by atoms with Gasteiger partial charge in [-0.3, -0.25) is 19.4 Å². The molecule has 2 heterocycles. The average molecular weight is 301 g/mol. The largest absolute Gasteiger partial charge is 0.354 e. The maximum Gasteiger partial charge on any atom is 0.220 e. The van der Waals surface area contributed by atoms with Gasteiger partial charge in [0.1, 0.15) is 0 Å². The highest BCUT2D eigenvalue weighted by Gasteiger charge is 2.09. The number of amides is 1. The van der Waals surface area contributed by atoms with Crippen molar-refractivity contribution < 1.29 is 4.79 Å². The zero-order chi connectivity index (χ0) is 15.9. The Labute approximate surface area is 131 Å². The third-order valence-electron chi connectivity index (χ3n) is 3.76. The van der Waals surface area contributed by atoms with Crippen LogP contribution in [0.4, 0.5) is 0 Å². The number of nitrogens with one attached hydrogen (secondary N) is 1. The number of hydrogen-bond donors (Lipinski definition) is 1. The summed E-state index contributed by atoms with van der Waals surface area (Å²) in [6, 6.07) is 0. The van der Waals surface area contributed by atoms with Crippen LogP contribution in [0.5, 0.6) is 0 Å². The fourth-order valence-corrected chi connectivity index (χ4v) is 2.55. The van der Waals surface area contributed by atoms with Crippen molar-refractivity contribution in [3.63, 3.8) is 0 Å². The summed E-state index contributed by atoms with van der Waals surface area (Å²) in [5.74, 6) is 0.0305. The van der Waals surface area contributed by atoms with E-state index in [4.69, 9.17) is 0 Å². The number of hydrogen-bond acceptors (Lipinski definition) is 4. The van der Waals surface area contributed by atoms with Gasteiger partial charge < -0.3 is 5.32 Å². The molecule has 1 N–H and O–H groups in total. The van der Waals surface area contributed by atoms with E-state index in [2.05, 4.69) is 34.2 Å². The Bertz CT molecular complexity index is 621. The van der Waals surface area contributed by atoms with Crippen LogP contribution in [0, 0.1) is 13.8 Å². The second kappa shape index (κ2) is 7.68. The summed E-state index contributed by atoms with van der Waals surface area (Å²) in [6.07, 6.45) is 6.98. The van der Waals surface area contributed by atoms with Crippen molar-refractivity contribution in [1.29, 1.82) is 0 Å². The molecule has 0 fully saturated rings. The molecule has 2 aromatic rings. The lowest BCUT2D eigenvalue weighted by atomic mass is 10.1. The van der Waals surface area contributed by atoms with Crippen molar-refractivity contribution in [2.45, 2.75) is 46.6 Å². The molecular formula is C16H23N5O. The molecule has 1 amide bonds. The van der Waals surface area contributed by atoms with Gasteiger partial charge in [0.2, 0.25) is 5.91 Å². The predicted molar refractivity (Wildman–Crippen MR) is 84.4 cm³/mol. The fourth-order valence-electron chi connectivity index (χ4n) is 2.55. The van der Waals surface area contributed by atoms with Gasteiger partial charge in [0.15, 0.2) is 0 Å². The summed E-state index contributed by atoms with van der Waals surface area (Å²) in [5.41, 5.74) is 4.40. The van der Waals surface area contributed by atoms with Gasteiger partial charge in [0.05, 0.1) is 17.9 Å². The SMILES string of the molecule is CCc1c(C)nn(CCNC(=O)CCc2cnccn2)c1C. The first-order chi connectivity index (χ1) is 10.6. The van der Waals surface area contributed by atoms with E-state index in [-0.39, 0.29) is 5.91 Å².